The number of halogens is 2. The Morgan fingerprint density at radius 3 is 2.42 bits per heavy atom. The molecule has 0 fully saturated rings. The Morgan fingerprint density at radius 2 is 1.88 bits per heavy atom. The first-order valence-electron chi connectivity index (χ1n) is 7.60. The first kappa shape index (κ1) is 19.6. The Labute approximate surface area is 162 Å². The summed E-state index contributed by atoms with van der Waals surface area (Å²) >= 11 is 11.6. The normalized spacial score (nSPS) is 12.0. The van der Waals surface area contributed by atoms with Crippen LogP contribution in [0.3, 0.4) is 0 Å². The number of carbonyl (C=O) groups is 1. The van der Waals surface area contributed by atoms with Crippen LogP contribution in [0, 0.1) is 0 Å². The number of nitrogens with zero attached hydrogens (tertiary/aromatic N) is 1. The molecular weight excluding hydrogens is 371 g/mol. The van der Waals surface area contributed by atoms with Gasteiger partial charge in [0.2, 0.25) is 0 Å². The lowest BCUT2D eigenvalue weighted by atomic mass is 10.00. The smallest absolute Gasteiger partial charge is 0.256 e. The zero-order valence-electron chi connectivity index (χ0n) is 14.1. The molecule has 0 aliphatic heterocycles. The molecule has 5 nitrogen and oxygen atoms in total. The molecule has 0 bridgehead atoms. The van der Waals surface area contributed by atoms with Crippen LogP contribution in [0.5, 0.6) is 0 Å². The second kappa shape index (κ2) is 8.56. The van der Waals surface area contributed by atoms with Crippen molar-refractivity contribution < 1.29 is 4.79 Å². The van der Waals surface area contributed by atoms with Gasteiger partial charge in [-0.1, -0.05) is 29.8 Å². The first-order valence-corrected chi connectivity index (χ1v) is 8.36. The van der Waals surface area contributed by atoms with Gasteiger partial charge >= 0.3 is 0 Å². The number of amides is 1. The number of pyridine rings is 1. The van der Waals surface area contributed by atoms with Crippen molar-refractivity contribution in [3.05, 3.63) is 82.0 Å². The van der Waals surface area contributed by atoms with Gasteiger partial charge in [0.1, 0.15) is 11.6 Å². The van der Waals surface area contributed by atoms with Crippen molar-refractivity contribution in [2.75, 3.05) is 11.1 Å². The van der Waals surface area contributed by atoms with Gasteiger partial charge in [0.25, 0.3) is 5.91 Å². The lowest BCUT2D eigenvalue weighted by Crippen LogP contribution is -2.13. The summed E-state index contributed by atoms with van der Waals surface area (Å²) in [5.41, 5.74) is 14.3. The van der Waals surface area contributed by atoms with E-state index in [9.17, 15) is 4.79 Å². The number of hydrogen-bond acceptors (Lipinski definition) is 4. The fourth-order valence-corrected chi connectivity index (χ4v) is 2.60. The Bertz CT molecular complexity index is 902. The lowest BCUT2D eigenvalue weighted by molar-refractivity contribution is 0.102. The van der Waals surface area contributed by atoms with E-state index in [1.165, 1.54) is 6.20 Å². The van der Waals surface area contributed by atoms with Gasteiger partial charge in [-0.2, -0.15) is 0 Å². The summed E-state index contributed by atoms with van der Waals surface area (Å²) in [6.07, 6.45) is 3.10. The molecule has 0 aliphatic carbocycles. The number of rotatable bonds is 5. The molecule has 1 aromatic carbocycles. The van der Waals surface area contributed by atoms with E-state index in [1.54, 1.807) is 42.5 Å². The SMILES string of the molecule is C=C(Cl)/C=C(C)\C(=C/N)c1ccc(NC(=O)c2ccc(Cl)cc2)nc1N. The van der Waals surface area contributed by atoms with Crippen LogP contribution in [-0.2, 0) is 0 Å². The van der Waals surface area contributed by atoms with E-state index < -0.39 is 0 Å². The molecule has 2 rings (SSSR count). The van der Waals surface area contributed by atoms with Gasteiger partial charge in [-0.25, -0.2) is 4.98 Å². The Kier molecular flexibility index (Phi) is 6.44. The average Bonchev–Trinajstić information content (AvgIpc) is 2.57. The van der Waals surface area contributed by atoms with Crippen LogP contribution in [0.25, 0.3) is 5.57 Å². The van der Waals surface area contributed by atoms with Crippen molar-refractivity contribution in [2.45, 2.75) is 6.92 Å². The predicted molar refractivity (Wildman–Crippen MR) is 109 cm³/mol. The highest BCUT2D eigenvalue weighted by Gasteiger charge is 2.12. The van der Waals surface area contributed by atoms with E-state index in [2.05, 4.69) is 16.9 Å². The largest absolute Gasteiger partial charge is 0.404 e. The van der Waals surface area contributed by atoms with Crippen molar-refractivity contribution in [2.24, 2.45) is 5.73 Å². The van der Waals surface area contributed by atoms with Gasteiger partial charge in [0.15, 0.2) is 0 Å². The minimum Gasteiger partial charge on any atom is -0.404 e. The molecule has 134 valence electrons. The summed E-state index contributed by atoms with van der Waals surface area (Å²) in [5, 5.41) is 3.62. The predicted octanol–water partition coefficient (Wildman–Crippen LogP) is 4.57. The summed E-state index contributed by atoms with van der Waals surface area (Å²) < 4.78 is 0. The van der Waals surface area contributed by atoms with E-state index in [-0.39, 0.29) is 11.7 Å². The Balaban J connectivity index is 2.25. The fourth-order valence-electron chi connectivity index (χ4n) is 2.31. The summed E-state index contributed by atoms with van der Waals surface area (Å²) in [6, 6.07) is 9.90. The fraction of sp³-hybridized carbons (Fsp3) is 0.0526. The third kappa shape index (κ3) is 4.88. The maximum absolute atomic E-state index is 12.2. The zero-order valence-corrected chi connectivity index (χ0v) is 15.6. The molecule has 0 aliphatic rings. The van der Waals surface area contributed by atoms with Gasteiger partial charge < -0.3 is 16.8 Å². The number of nitrogens with one attached hydrogen (secondary N) is 1. The van der Waals surface area contributed by atoms with Gasteiger partial charge in [-0.15, -0.1) is 0 Å². The highest BCUT2D eigenvalue weighted by atomic mass is 35.5. The highest BCUT2D eigenvalue weighted by molar-refractivity contribution is 6.31. The third-order valence-electron chi connectivity index (χ3n) is 3.53. The number of nitrogen functional groups attached to an aromatic ring is 1. The quantitative estimate of drug-likeness (QED) is 0.653. The van der Waals surface area contributed by atoms with Crippen LogP contribution < -0.4 is 16.8 Å². The molecule has 1 amide bonds. The molecule has 0 radical (unpaired) electrons. The molecule has 0 unspecified atom stereocenters. The second-order valence-corrected chi connectivity index (χ2v) is 6.37. The zero-order chi connectivity index (χ0) is 19.3. The summed E-state index contributed by atoms with van der Waals surface area (Å²) in [7, 11) is 0. The first-order chi connectivity index (χ1) is 12.3. The number of allylic oxidation sites excluding steroid dienone is 4. The molecule has 2 aromatic rings. The van der Waals surface area contributed by atoms with Crippen molar-refractivity contribution in [1.29, 1.82) is 0 Å². The van der Waals surface area contributed by atoms with Crippen molar-refractivity contribution in [1.82, 2.24) is 4.98 Å². The highest BCUT2D eigenvalue weighted by Crippen LogP contribution is 2.28. The van der Waals surface area contributed by atoms with Gasteiger partial charge in [0, 0.05) is 33.0 Å². The summed E-state index contributed by atoms with van der Waals surface area (Å²) in [6.45, 7) is 5.46. The molecule has 0 saturated carbocycles. The van der Waals surface area contributed by atoms with Crippen LogP contribution in [0.4, 0.5) is 11.6 Å². The third-order valence-corrected chi connectivity index (χ3v) is 3.89. The maximum Gasteiger partial charge on any atom is 0.256 e. The number of nitrogens with two attached hydrogens (primary N) is 2. The van der Waals surface area contributed by atoms with Crippen molar-refractivity contribution in [3.63, 3.8) is 0 Å². The number of carbonyl (C=O) groups excluding carboxylic acids is 1. The number of hydrogen-bond donors (Lipinski definition) is 3. The summed E-state index contributed by atoms with van der Waals surface area (Å²) in [5.74, 6) is 0.236. The van der Waals surface area contributed by atoms with Crippen LogP contribution in [-0.4, -0.2) is 10.9 Å². The lowest BCUT2D eigenvalue weighted by Gasteiger charge is -2.12. The van der Waals surface area contributed by atoms with E-state index >= 15 is 0 Å². The van der Waals surface area contributed by atoms with E-state index in [4.69, 9.17) is 34.7 Å². The standard InChI is InChI=1S/C19H18Cl2N4O/c1-11(9-12(2)20)16(10-22)15-7-8-17(24-18(15)23)25-19(26)13-3-5-14(21)6-4-13/h3-10H,2,22H2,1H3,(H3,23,24,25,26)/b11-9-,16-10+. The van der Waals surface area contributed by atoms with Gasteiger partial charge in [-0.3, -0.25) is 4.79 Å². The number of aromatic nitrogens is 1. The molecule has 0 saturated heterocycles. The maximum atomic E-state index is 12.2. The molecule has 0 atom stereocenters. The van der Waals surface area contributed by atoms with Gasteiger partial charge in [0.05, 0.1) is 0 Å². The van der Waals surface area contributed by atoms with E-state index in [1.807, 2.05) is 6.92 Å². The van der Waals surface area contributed by atoms with Crippen LogP contribution in [0.1, 0.15) is 22.8 Å². The molecule has 26 heavy (non-hydrogen) atoms. The van der Waals surface area contributed by atoms with Crippen LogP contribution >= 0.6 is 23.2 Å². The van der Waals surface area contributed by atoms with Crippen LogP contribution in [0.2, 0.25) is 5.02 Å². The van der Waals surface area contributed by atoms with Crippen molar-refractivity contribution in [3.8, 4) is 0 Å². The van der Waals surface area contributed by atoms with Crippen molar-refractivity contribution >= 4 is 46.3 Å². The van der Waals surface area contributed by atoms with Gasteiger partial charge in [-0.05, 0) is 55.0 Å². The minimum atomic E-state index is -0.314. The molecule has 5 N–H and O–H groups in total. The molecular formula is C19H18Cl2N4O. The average molecular weight is 389 g/mol. The number of benzene rings is 1. The Hall–Kier alpha value is -2.76. The topological polar surface area (TPSA) is 94.0 Å². The molecule has 0 spiro atoms. The van der Waals surface area contributed by atoms with Crippen LogP contribution in [0.15, 0.2) is 65.9 Å². The molecule has 1 aromatic heterocycles. The monoisotopic (exact) mass is 388 g/mol. The summed E-state index contributed by atoms with van der Waals surface area (Å²) in [4.78, 5) is 16.5. The van der Waals surface area contributed by atoms with E-state index in [0.29, 0.717) is 32.6 Å². The molecule has 1 heterocycles. The molecule has 7 heteroatoms. The second-order valence-electron chi connectivity index (χ2n) is 5.44. The minimum absolute atomic E-state index is 0.226. The number of anilines is 2. The van der Waals surface area contributed by atoms with E-state index in [0.717, 1.165) is 5.57 Å². The Morgan fingerprint density at radius 1 is 1.23 bits per heavy atom.